The van der Waals surface area contributed by atoms with E-state index in [0.29, 0.717) is 10.7 Å². The van der Waals surface area contributed by atoms with Gasteiger partial charge in [-0.2, -0.15) is 0 Å². The Balaban J connectivity index is 2.07. The Kier molecular flexibility index (Phi) is 4.61. The molecule has 0 bridgehead atoms. The number of carbonyl (C=O) groups excluding carboxylic acids is 1. The van der Waals surface area contributed by atoms with Gasteiger partial charge in [-0.25, -0.2) is 4.98 Å². The summed E-state index contributed by atoms with van der Waals surface area (Å²) in [6.45, 7) is 6.05. The van der Waals surface area contributed by atoms with E-state index in [0.717, 1.165) is 16.3 Å². The molecule has 0 aliphatic heterocycles. The standard InChI is InChI=1S/C14H16N2OS2/c1-4-18-12-7-5-11(6-8-12)13(17)16-14-15-9(2)10(3)19-14/h5-8H,4H2,1-3H3,(H,15,16,17). The summed E-state index contributed by atoms with van der Waals surface area (Å²) in [4.78, 5) is 18.7. The normalized spacial score (nSPS) is 10.5. The van der Waals surface area contributed by atoms with Crippen molar-refractivity contribution in [3.63, 3.8) is 0 Å². The van der Waals surface area contributed by atoms with E-state index in [1.807, 2.05) is 38.1 Å². The van der Waals surface area contributed by atoms with Gasteiger partial charge in [0.15, 0.2) is 5.13 Å². The average molecular weight is 292 g/mol. The molecule has 0 unspecified atom stereocenters. The molecule has 0 radical (unpaired) electrons. The number of benzene rings is 1. The quantitative estimate of drug-likeness (QED) is 0.862. The number of anilines is 1. The van der Waals surface area contributed by atoms with Crippen LogP contribution in [-0.2, 0) is 0 Å². The van der Waals surface area contributed by atoms with Crippen molar-refractivity contribution in [2.24, 2.45) is 0 Å². The number of hydrogen-bond donors (Lipinski definition) is 1. The molecule has 0 saturated heterocycles. The number of aryl methyl sites for hydroxylation is 2. The molecule has 2 aromatic rings. The lowest BCUT2D eigenvalue weighted by molar-refractivity contribution is 0.102. The lowest BCUT2D eigenvalue weighted by Crippen LogP contribution is -2.11. The number of carbonyl (C=O) groups is 1. The first-order valence-corrected chi connectivity index (χ1v) is 7.88. The number of hydrogen-bond acceptors (Lipinski definition) is 4. The number of nitrogens with zero attached hydrogens (tertiary/aromatic N) is 1. The number of nitrogens with one attached hydrogen (secondary N) is 1. The average Bonchev–Trinajstić information content (AvgIpc) is 2.69. The fourth-order valence-electron chi connectivity index (χ4n) is 1.56. The molecule has 1 aromatic carbocycles. The number of amides is 1. The zero-order valence-corrected chi connectivity index (χ0v) is 12.8. The first kappa shape index (κ1) is 14.1. The van der Waals surface area contributed by atoms with Crippen LogP contribution in [0.3, 0.4) is 0 Å². The molecule has 1 heterocycles. The maximum absolute atomic E-state index is 12.1. The highest BCUT2D eigenvalue weighted by Crippen LogP contribution is 2.22. The third kappa shape index (κ3) is 3.58. The van der Waals surface area contributed by atoms with Crippen LogP contribution in [0.4, 0.5) is 5.13 Å². The minimum Gasteiger partial charge on any atom is -0.298 e. The fraction of sp³-hybridized carbons (Fsp3) is 0.286. The second-order valence-corrected chi connectivity index (χ2v) is 6.61. The van der Waals surface area contributed by atoms with E-state index in [9.17, 15) is 4.79 Å². The van der Waals surface area contributed by atoms with E-state index in [1.54, 1.807) is 11.8 Å². The molecule has 2 rings (SSSR count). The third-order valence-corrected chi connectivity index (χ3v) is 4.56. The van der Waals surface area contributed by atoms with Crippen LogP contribution in [0.15, 0.2) is 29.2 Å². The van der Waals surface area contributed by atoms with E-state index >= 15 is 0 Å². The molecule has 1 amide bonds. The van der Waals surface area contributed by atoms with Crippen LogP contribution in [0.25, 0.3) is 0 Å². The van der Waals surface area contributed by atoms with Gasteiger partial charge in [0.05, 0.1) is 5.69 Å². The minimum absolute atomic E-state index is 0.109. The maximum atomic E-state index is 12.1. The number of aromatic nitrogens is 1. The summed E-state index contributed by atoms with van der Waals surface area (Å²) in [5, 5.41) is 3.49. The molecule has 1 N–H and O–H groups in total. The van der Waals surface area contributed by atoms with Gasteiger partial charge < -0.3 is 0 Å². The zero-order valence-electron chi connectivity index (χ0n) is 11.2. The van der Waals surface area contributed by atoms with Crippen molar-refractivity contribution in [3.8, 4) is 0 Å². The molecular formula is C14H16N2OS2. The fourth-order valence-corrected chi connectivity index (χ4v) is 3.04. The van der Waals surface area contributed by atoms with Gasteiger partial charge in [-0.15, -0.1) is 23.1 Å². The minimum atomic E-state index is -0.109. The lowest BCUT2D eigenvalue weighted by Gasteiger charge is -2.03. The summed E-state index contributed by atoms with van der Waals surface area (Å²) in [6.07, 6.45) is 0. The molecule has 0 atom stereocenters. The second kappa shape index (κ2) is 6.21. The molecule has 3 nitrogen and oxygen atoms in total. The number of thioether (sulfide) groups is 1. The largest absolute Gasteiger partial charge is 0.298 e. The maximum Gasteiger partial charge on any atom is 0.257 e. The van der Waals surface area contributed by atoms with Gasteiger partial charge in [-0.1, -0.05) is 6.92 Å². The first-order valence-electron chi connectivity index (χ1n) is 6.08. The van der Waals surface area contributed by atoms with Gasteiger partial charge in [0.2, 0.25) is 0 Å². The monoisotopic (exact) mass is 292 g/mol. The van der Waals surface area contributed by atoms with Gasteiger partial charge in [0.1, 0.15) is 0 Å². The predicted octanol–water partition coefficient (Wildman–Crippen LogP) is 4.12. The summed E-state index contributed by atoms with van der Waals surface area (Å²) in [5.74, 6) is 0.922. The third-order valence-electron chi connectivity index (χ3n) is 2.68. The van der Waals surface area contributed by atoms with Gasteiger partial charge in [-0.05, 0) is 43.9 Å². The van der Waals surface area contributed by atoms with Crippen LogP contribution < -0.4 is 5.32 Å². The predicted molar refractivity (Wildman–Crippen MR) is 82.4 cm³/mol. The van der Waals surface area contributed by atoms with Crippen molar-refractivity contribution in [3.05, 3.63) is 40.4 Å². The number of rotatable bonds is 4. The van der Waals surface area contributed by atoms with E-state index in [4.69, 9.17) is 0 Å². The van der Waals surface area contributed by atoms with E-state index in [-0.39, 0.29) is 5.91 Å². The molecule has 5 heteroatoms. The van der Waals surface area contributed by atoms with Crippen molar-refractivity contribution in [2.75, 3.05) is 11.1 Å². The lowest BCUT2D eigenvalue weighted by atomic mass is 10.2. The summed E-state index contributed by atoms with van der Waals surface area (Å²) in [5.41, 5.74) is 1.63. The van der Waals surface area contributed by atoms with Crippen molar-refractivity contribution >= 4 is 34.1 Å². The van der Waals surface area contributed by atoms with Crippen LogP contribution in [0.1, 0.15) is 27.9 Å². The summed E-state index contributed by atoms with van der Waals surface area (Å²) >= 11 is 3.26. The van der Waals surface area contributed by atoms with Crippen LogP contribution >= 0.6 is 23.1 Å². The molecule has 0 spiro atoms. The molecule has 0 aliphatic rings. The smallest absolute Gasteiger partial charge is 0.257 e. The van der Waals surface area contributed by atoms with Crippen molar-refractivity contribution in [1.82, 2.24) is 4.98 Å². The first-order chi connectivity index (χ1) is 9.10. The van der Waals surface area contributed by atoms with Gasteiger partial charge in [-0.3, -0.25) is 10.1 Å². The van der Waals surface area contributed by atoms with Crippen molar-refractivity contribution < 1.29 is 4.79 Å². The van der Waals surface area contributed by atoms with Crippen LogP contribution in [0.2, 0.25) is 0 Å². The van der Waals surface area contributed by atoms with Gasteiger partial charge >= 0.3 is 0 Å². The summed E-state index contributed by atoms with van der Waals surface area (Å²) in [7, 11) is 0. The Morgan fingerprint density at radius 1 is 1.32 bits per heavy atom. The molecule has 0 fully saturated rings. The second-order valence-electron chi connectivity index (χ2n) is 4.07. The van der Waals surface area contributed by atoms with Crippen molar-refractivity contribution in [2.45, 2.75) is 25.7 Å². The highest BCUT2D eigenvalue weighted by Gasteiger charge is 2.09. The highest BCUT2D eigenvalue weighted by molar-refractivity contribution is 7.99. The van der Waals surface area contributed by atoms with Crippen LogP contribution in [-0.4, -0.2) is 16.6 Å². The Morgan fingerprint density at radius 3 is 2.53 bits per heavy atom. The Bertz CT molecular complexity index is 556. The summed E-state index contributed by atoms with van der Waals surface area (Å²) < 4.78 is 0. The van der Waals surface area contributed by atoms with Gasteiger partial charge in [0, 0.05) is 15.3 Å². The van der Waals surface area contributed by atoms with E-state index < -0.39 is 0 Å². The Hall–Kier alpha value is -1.33. The van der Waals surface area contributed by atoms with Crippen molar-refractivity contribution in [1.29, 1.82) is 0 Å². The Morgan fingerprint density at radius 2 is 2.00 bits per heavy atom. The molecule has 0 aliphatic carbocycles. The molecule has 1 aromatic heterocycles. The van der Waals surface area contributed by atoms with Gasteiger partial charge in [0.25, 0.3) is 5.91 Å². The highest BCUT2D eigenvalue weighted by atomic mass is 32.2. The molecule has 19 heavy (non-hydrogen) atoms. The van der Waals surface area contributed by atoms with Crippen LogP contribution in [0, 0.1) is 13.8 Å². The SMILES string of the molecule is CCSc1ccc(C(=O)Nc2nc(C)c(C)s2)cc1. The van der Waals surface area contributed by atoms with Crippen LogP contribution in [0.5, 0.6) is 0 Å². The van der Waals surface area contributed by atoms with E-state index in [2.05, 4.69) is 17.2 Å². The molecule has 100 valence electrons. The molecule has 0 saturated carbocycles. The topological polar surface area (TPSA) is 42.0 Å². The van der Waals surface area contributed by atoms with E-state index in [1.165, 1.54) is 16.2 Å². The number of thiazole rings is 1. The zero-order chi connectivity index (χ0) is 13.8. The molecular weight excluding hydrogens is 276 g/mol. The summed E-state index contributed by atoms with van der Waals surface area (Å²) in [6, 6.07) is 7.64. The Labute approximate surface area is 121 Å².